The van der Waals surface area contributed by atoms with E-state index < -0.39 is 0 Å². The van der Waals surface area contributed by atoms with Crippen LogP contribution >= 0.6 is 11.6 Å². The van der Waals surface area contributed by atoms with Crippen LogP contribution in [0.25, 0.3) is 11.0 Å². The summed E-state index contributed by atoms with van der Waals surface area (Å²) in [6, 6.07) is 7.19. The van der Waals surface area contributed by atoms with Gasteiger partial charge in [0.05, 0.1) is 28.0 Å². The van der Waals surface area contributed by atoms with Crippen molar-refractivity contribution in [1.82, 2.24) is 15.0 Å². The third-order valence-corrected chi connectivity index (χ3v) is 3.45. The SMILES string of the molecule is Cc1nc2c(C(=O)N(C)c3cncc(Cl)c3)cccc2[nH]1. The Morgan fingerprint density at radius 1 is 1.33 bits per heavy atom. The first-order valence-corrected chi connectivity index (χ1v) is 6.78. The number of hydrogen-bond donors (Lipinski definition) is 1. The zero-order valence-electron chi connectivity index (χ0n) is 11.6. The van der Waals surface area contributed by atoms with E-state index >= 15 is 0 Å². The molecular formula is C15H13ClN4O. The number of rotatable bonds is 2. The lowest BCUT2D eigenvalue weighted by atomic mass is 10.1. The van der Waals surface area contributed by atoms with Crippen LogP contribution in [-0.4, -0.2) is 27.9 Å². The molecule has 5 nitrogen and oxygen atoms in total. The van der Waals surface area contributed by atoms with Gasteiger partial charge in [0, 0.05) is 13.2 Å². The van der Waals surface area contributed by atoms with Gasteiger partial charge in [-0.15, -0.1) is 0 Å². The monoisotopic (exact) mass is 300 g/mol. The minimum atomic E-state index is -0.156. The number of aromatic nitrogens is 3. The van der Waals surface area contributed by atoms with E-state index in [4.69, 9.17) is 11.6 Å². The predicted octanol–water partition coefficient (Wildman–Crippen LogP) is 3.20. The summed E-state index contributed by atoms with van der Waals surface area (Å²) in [6.07, 6.45) is 3.13. The van der Waals surface area contributed by atoms with Gasteiger partial charge in [0.2, 0.25) is 0 Å². The smallest absolute Gasteiger partial charge is 0.260 e. The summed E-state index contributed by atoms with van der Waals surface area (Å²) in [5.41, 5.74) is 2.69. The first-order valence-electron chi connectivity index (χ1n) is 6.40. The summed E-state index contributed by atoms with van der Waals surface area (Å²) in [6.45, 7) is 1.86. The van der Waals surface area contributed by atoms with Gasteiger partial charge in [0.15, 0.2) is 0 Å². The summed E-state index contributed by atoms with van der Waals surface area (Å²) in [4.78, 5) is 25.7. The van der Waals surface area contributed by atoms with E-state index in [1.54, 1.807) is 25.4 Å². The second-order valence-corrected chi connectivity index (χ2v) is 5.19. The van der Waals surface area contributed by atoms with Crippen molar-refractivity contribution in [1.29, 1.82) is 0 Å². The molecule has 2 aromatic heterocycles. The van der Waals surface area contributed by atoms with Crippen molar-refractivity contribution in [2.75, 3.05) is 11.9 Å². The van der Waals surface area contributed by atoms with Crippen LogP contribution in [0.3, 0.4) is 0 Å². The zero-order chi connectivity index (χ0) is 15.0. The largest absolute Gasteiger partial charge is 0.342 e. The van der Waals surface area contributed by atoms with Gasteiger partial charge in [-0.2, -0.15) is 0 Å². The number of halogens is 1. The predicted molar refractivity (Wildman–Crippen MR) is 82.8 cm³/mol. The number of para-hydroxylation sites is 1. The van der Waals surface area contributed by atoms with E-state index in [9.17, 15) is 4.79 Å². The molecule has 0 aliphatic heterocycles. The van der Waals surface area contributed by atoms with Gasteiger partial charge in [-0.05, 0) is 25.1 Å². The molecule has 0 radical (unpaired) electrons. The van der Waals surface area contributed by atoms with Crippen LogP contribution in [0.15, 0.2) is 36.7 Å². The van der Waals surface area contributed by atoms with Crippen LogP contribution in [0.4, 0.5) is 5.69 Å². The summed E-state index contributed by atoms with van der Waals surface area (Å²) in [5.74, 6) is 0.619. The minimum Gasteiger partial charge on any atom is -0.342 e. The molecule has 6 heteroatoms. The van der Waals surface area contributed by atoms with Gasteiger partial charge in [-0.1, -0.05) is 17.7 Å². The zero-order valence-corrected chi connectivity index (χ0v) is 12.3. The highest BCUT2D eigenvalue weighted by molar-refractivity contribution is 6.30. The van der Waals surface area contributed by atoms with Crippen LogP contribution in [0.1, 0.15) is 16.2 Å². The number of aryl methyl sites for hydroxylation is 1. The van der Waals surface area contributed by atoms with Crippen LogP contribution in [0.5, 0.6) is 0 Å². The van der Waals surface area contributed by atoms with Crippen LogP contribution in [-0.2, 0) is 0 Å². The summed E-state index contributed by atoms with van der Waals surface area (Å²) >= 11 is 5.92. The maximum Gasteiger partial charge on any atom is 0.260 e. The van der Waals surface area contributed by atoms with Crippen molar-refractivity contribution >= 4 is 34.2 Å². The van der Waals surface area contributed by atoms with E-state index in [1.165, 1.54) is 11.1 Å². The number of pyridine rings is 1. The molecular weight excluding hydrogens is 288 g/mol. The van der Waals surface area contributed by atoms with Crippen molar-refractivity contribution < 1.29 is 4.79 Å². The fraction of sp³-hybridized carbons (Fsp3) is 0.133. The number of nitrogens with one attached hydrogen (secondary N) is 1. The van der Waals surface area contributed by atoms with Crippen molar-refractivity contribution in [2.24, 2.45) is 0 Å². The molecule has 21 heavy (non-hydrogen) atoms. The number of aromatic amines is 1. The highest BCUT2D eigenvalue weighted by atomic mass is 35.5. The Bertz CT molecular complexity index is 827. The fourth-order valence-electron chi connectivity index (χ4n) is 2.21. The molecule has 3 aromatic rings. The number of carbonyl (C=O) groups is 1. The van der Waals surface area contributed by atoms with Crippen molar-refractivity contribution in [3.05, 3.63) is 53.1 Å². The molecule has 0 fully saturated rings. The van der Waals surface area contributed by atoms with Gasteiger partial charge >= 0.3 is 0 Å². The Labute approximate surface area is 126 Å². The Morgan fingerprint density at radius 3 is 2.90 bits per heavy atom. The molecule has 0 saturated carbocycles. The highest BCUT2D eigenvalue weighted by Crippen LogP contribution is 2.22. The number of anilines is 1. The number of carbonyl (C=O) groups excluding carboxylic acids is 1. The van der Waals surface area contributed by atoms with Crippen molar-refractivity contribution in [3.8, 4) is 0 Å². The van der Waals surface area contributed by atoms with E-state index in [2.05, 4.69) is 15.0 Å². The van der Waals surface area contributed by atoms with E-state index in [-0.39, 0.29) is 5.91 Å². The fourth-order valence-corrected chi connectivity index (χ4v) is 2.38. The van der Waals surface area contributed by atoms with E-state index in [0.29, 0.717) is 21.8 Å². The lowest BCUT2D eigenvalue weighted by Gasteiger charge is -2.17. The number of imidazole rings is 1. The second kappa shape index (κ2) is 5.18. The first-order chi connectivity index (χ1) is 10.1. The van der Waals surface area contributed by atoms with Gasteiger partial charge in [0.1, 0.15) is 11.3 Å². The lowest BCUT2D eigenvalue weighted by Crippen LogP contribution is -2.26. The van der Waals surface area contributed by atoms with Crippen LogP contribution in [0.2, 0.25) is 5.02 Å². The Kier molecular flexibility index (Phi) is 3.35. The molecule has 1 N–H and O–H groups in total. The topological polar surface area (TPSA) is 61.9 Å². The van der Waals surface area contributed by atoms with E-state index in [0.717, 1.165) is 11.3 Å². The molecule has 0 spiro atoms. The number of H-pyrrole nitrogens is 1. The summed E-state index contributed by atoms with van der Waals surface area (Å²) in [7, 11) is 1.69. The van der Waals surface area contributed by atoms with E-state index in [1.807, 2.05) is 19.1 Å². The average molecular weight is 301 g/mol. The third kappa shape index (κ3) is 2.48. The highest BCUT2D eigenvalue weighted by Gasteiger charge is 2.18. The quantitative estimate of drug-likeness (QED) is 0.790. The third-order valence-electron chi connectivity index (χ3n) is 3.24. The molecule has 0 unspecified atom stereocenters. The van der Waals surface area contributed by atoms with Crippen molar-refractivity contribution in [3.63, 3.8) is 0 Å². The van der Waals surface area contributed by atoms with Gasteiger partial charge in [-0.25, -0.2) is 4.98 Å². The molecule has 1 amide bonds. The number of nitrogens with zero attached hydrogens (tertiary/aromatic N) is 3. The average Bonchev–Trinajstić information content (AvgIpc) is 2.85. The van der Waals surface area contributed by atoms with Crippen LogP contribution < -0.4 is 4.90 Å². The first kappa shape index (κ1) is 13.6. The van der Waals surface area contributed by atoms with Gasteiger partial charge < -0.3 is 9.88 Å². The number of benzene rings is 1. The molecule has 0 saturated heterocycles. The maximum absolute atomic E-state index is 12.7. The molecule has 0 aliphatic rings. The minimum absolute atomic E-state index is 0.156. The maximum atomic E-state index is 12.7. The number of hydrogen-bond acceptors (Lipinski definition) is 3. The lowest BCUT2D eigenvalue weighted by molar-refractivity contribution is 0.0994. The number of fused-ring (bicyclic) bond motifs is 1. The molecule has 2 heterocycles. The Hall–Kier alpha value is -2.40. The summed E-state index contributed by atoms with van der Waals surface area (Å²) in [5, 5.41) is 0.487. The molecule has 0 bridgehead atoms. The Morgan fingerprint density at radius 2 is 2.14 bits per heavy atom. The van der Waals surface area contributed by atoms with Crippen LogP contribution in [0, 0.1) is 6.92 Å². The second-order valence-electron chi connectivity index (χ2n) is 4.75. The molecule has 0 aliphatic carbocycles. The van der Waals surface area contributed by atoms with Gasteiger partial charge in [0.25, 0.3) is 5.91 Å². The molecule has 0 atom stereocenters. The molecule has 3 rings (SSSR count). The summed E-state index contributed by atoms with van der Waals surface area (Å²) < 4.78 is 0. The standard InChI is InChI=1S/C15H13ClN4O/c1-9-18-13-5-3-4-12(14(13)19-9)15(21)20(2)11-6-10(16)7-17-8-11/h3-8H,1-2H3,(H,18,19). The van der Waals surface area contributed by atoms with Crippen molar-refractivity contribution in [2.45, 2.75) is 6.92 Å². The number of amides is 1. The van der Waals surface area contributed by atoms with Gasteiger partial charge in [-0.3, -0.25) is 9.78 Å². The normalized spacial score (nSPS) is 10.8. The molecule has 1 aromatic carbocycles. The molecule has 106 valence electrons. The Balaban J connectivity index is 2.04.